The van der Waals surface area contributed by atoms with E-state index in [1.54, 1.807) is 30.5 Å². The maximum Gasteiger partial charge on any atom is 0.300 e. The van der Waals surface area contributed by atoms with Crippen molar-refractivity contribution in [1.29, 1.82) is 5.26 Å². The number of benzene rings is 1. The quantitative estimate of drug-likeness (QED) is 0.699. The summed E-state index contributed by atoms with van der Waals surface area (Å²) in [6.07, 6.45) is 1.64. The number of hydrogen-bond donors (Lipinski definition) is 0. The van der Waals surface area contributed by atoms with Crippen LogP contribution in [0.4, 0.5) is 11.5 Å². The van der Waals surface area contributed by atoms with E-state index in [-0.39, 0.29) is 0 Å². The molecule has 5 rings (SSSR count). The average Bonchev–Trinajstić information content (AvgIpc) is 3.02. The minimum Gasteiger partial charge on any atom is -0.486 e. The van der Waals surface area contributed by atoms with E-state index in [0.717, 1.165) is 5.82 Å². The number of pyridine rings is 1. The smallest absolute Gasteiger partial charge is 0.300 e. The molecule has 0 radical (unpaired) electrons. The first-order valence-electron chi connectivity index (χ1n) is 9.77. The maximum atomic E-state index is 12.6. The number of rotatable bonds is 3. The van der Waals surface area contributed by atoms with Gasteiger partial charge in [-0.1, -0.05) is 0 Å². The Labute approximate surface area is 173 Å². The number of piperazine rings is 1. The van der Waals surface area contributed by atoms with Crippen LogP contribution in [0.1, 0.15) is 15.9 Å². The number of amides is 1. The van der Waals surface area contributed by atoms with Crippen LogP contribution < -0.4 is 19.3 Å². The Morgan fingerprint density at radius 1 is 1.03 bits per heavy atom. The van der Waals surface area contributed by atoms with Gasteiger partial charge in [-0.3, -0.25) is 19.4 Å². The van der Waals surface area contributed by atoms with E-state index >= 15 is 0 Å². The highest BCUT2D eigenvalue weighted by Crippen LogP contribution is 2.40. The number of fused-ring (bicyclic) bond motifs is 2. The van der Waals surface area contributed by atoms with Crippen LogP contribution in [0, 0.1) is 11.3 Å². The largest absolute Gasteiger partial charge is 0.486 e. The van der Waals surface area contributed by atoms with Crippen molar-refractivity contribution < 1.29 is 19.1 Å². The maximum absolute atomic E-state index is 12.6. The van der Waals surface area contributed by atoms with Crippen LogP contribution in [-0.2, 0) is 4.79 Å². The fourth-order valence-electron chi connectivity index (χ4n) is 3.95. The molecule has 9 heteroatoms. The zero-order valence-corrected chi connectivity index (χ0v) is 16.2. The predicted octanol–water partition coefficient (Wildman–Crippen LogP) is 1.03. The fraction of sp³-hybridized carbons (Fsp3) is 0.333. The van der Waals surface area contributed by atoms with Crippen molar-refractivity contribution in [3.05, 3.63) is 41.6 Å². The van der Waals surface area contributed by atoms with Gasteiger partial charge in [0.05, 0.1) is 29.6 Å². The van der Waals surface area contributed by atoms with Crippen LogP contribution >= 0.6 is 0 Å². The van der Waals surface area contributed by atoms with E-state index < -0.39 is 11.7 Å². The van der Waals surface area contributed by atoms with E-state index in [9.17, 15) is 9.59 Å². The van der Waals surface area contributed by atoms with Gasteiger partial charge in [0.15, 0.2) is 11.5 Å². The molecule has 1 aromatic heterocycles. The second-order valence-corrected chi connectivity index (χ2v) is 7.34. The molecule has 3 aliphatic heterocycles. The number of carbonyl (C=O) groups is 2. The van der Waals surface area contributed by atoms with Crippen LogP contribution in [0.25, 0.3) is 0 Å². The number of carbonyl (C=O) groups excluding carboxylic acids is 2. The summed E-state index contributed by atoms with van der Waals surface area (Å²) in [6.45, 7) is 4.03. The molecular formula is C21H19N5O4. The van der Waals surface area contributed by atoms with Gasteiger partial charge >= 0.3 is 5.91 Å². The Balaban J connectivity index is 1.30. The van der Waals surface area contributed by atoms with Gasteiger partial charge in [0, 0.05) is 38.4 Å². The zero-order valence-electron chi connectivity index (χ0n) is 16.2. The highest BCUT2D eigenvalue weighted by Gasteiger charge is 2.38. The SMILES string of the molecule is N#Cc1ccnc(N2CCN(CN3C(=O)C(=O)c4cc5c(cc43)OCCO5)CC2)c1. The number of nitriles is 1. The van der Waals surface area contributed by atoms with E-state index in [4.69, 9.17) is 14.7 Å². The lowest BCUT2D eigenvalue weighted by Crippen LogP contribution is -2.51. The summed E-state index contributed by atoms with van der Waals surface area (Å²) in [6, 6.07) is 8.92. The Morgan fingerprint density at radius 3 is 2.50 bits per heavy atom. The van der Waals surface area contributed by atoms with Crippen molar-refractivity contribution in [2.24, 2.45) is 0 Å². The zero-order chi connectivity index (χ0) is 20.7. The van der Waals surface area contributed by atoms with Crippen molar-refractivity contribution >= 4 is 23.2 Å². The van der Waals surface area contributed by atoms with Gasteiger partial charge in [-0.25, -0.2) is 4.98 Å². The molecule has 9 nitrogen and oxygen atoms in total. The van der Waals surface area contributed by atoms with Crippen molar-refractivity contribution in [1.82, 2.24) is 9.88 Å². The summed E-state index contributed by atoms with van der Waals surface area (Å²) in [7, 11) is 0. The minimum absolute atomic E-state index is 0.330. The topological polar surface area (TPSA) is 99.0 Å². The molecule has 1 amide bonds. The number of Topliss-reactive ketones (excluding diaryl/α,β-unsaturated/α-hetero) is 1. The van der Waals surface area contributed by atoms with Gasteiger partial charge in [0.1, 0.15) is 19.0 Å². The number of nitrogens with zero attached hydrogens (tertiary/aromatic N) is 5. The lowest BCUT2D eigenvalue weighted by molar-refractivity contribution is -0.114. The molecule has 0 aliphatic carbocycles. The van der Waals surface area contributed by atoms with Crippen molar-refractivity contribution in [3.63, 3.8) is 0 Å². The molecular weight excluding hydrogens is 386 g/mol. The standard InChI is InChI=1S/C21H19N5O4/c22-12-14-1-2-23-19(9-14)25-5-3-24(4-6-25)13-26-16-11-18-17(29-7-8-30-18)10-15(16)20(27)21(26)28/h1-2,9-11H,3-8,13H2. The van der Waals surface area contributed by atoms with E-state index in [1.165, 1.54) is 4.90 Å². The van der Waals surface area contributed by atoms with E-state index in [2.05, 4.69) is 20.9 Å². The number of ether oxygens (including phenoxy) is 2. The first-order chi connectivity index (χ1) is 14.6. The van der Waals surface area contributed by atoms with Gasteiger partial charge < -0.3 is 14.4 Å². The van der Waals surface area contributed by atoms with Crippen LogP contribution in [0.3, 0.4) is 0 Å². The van der Waals surface area contributed by atoms with E-state index in [1.807, 2.05) is 0 Å². The van der Waals surface area contributed by atoms with Gasteiger partial charge in [-0.15, -0.1) is 0 Å². The molecule has 30 heavy (non-hydrogen) atoms. The van der Waals surface area contributed by atoms with Crippen LogP contribution in [0.15, 0.2) is 30.5 Å². The van der Waals surface area contributed by atoms with Crippen LogP contribution in [-0.4, -0.2) is 67.6 Å². The highest BCUT2D eigenvalue weighted by molar-refractivity contribution is 6.52. The summed E-state index contributed by atoms with van der Waals surface area (Å²) in [4.78, 5) is 35.2. The molecule has 4 heterocycles. The molecule has 0 saturated carbocycles. The first-order valence-corrected chi connectivity index (χ1v) is 9.77. The minimum atomic E-state index is -0.529. The monoisotopic (exact) mass is 405 g/mol. The second-order valence-electron chi connectivity index (χ2n) is 7.34. The molecule has 1 fully saturated rings. The lowest BCUT2D eigenvalue weighted by atomic mass is 10.1. The fourth-order valence-corrected chi connectivity index (χ4v) is 3.95. The van der Waals surface area contributed by atoms with Gasteiger partial charge in [0.2, 0.25) is 0 Å². The number of hydrogen-bond acceptors (Lipinski definition) is 8. The molecule has 0 spiro atoms. The summed E-state index contributed by atoms with van der Waals surface area (Å²) >= 11 is 0. The third-order valence-electron chi connectivity index (χ3n) is 5.55. The number of ketones is 1. The second kappa shape index (κ2) is 7.31. The molecule has 0 atom stereocenters. The van der Waals surface area contributed by atoms with Crippen LogP contribution in [0.2, 0.25) is 0 Å². The summed E-state index contributed by atoms with van der Waals surface area (Å²) in [5, 5.41) is 9.08. The van der Waals surface area contributed by atoms with Crippen molar-refractivity contribution in [3.8, 4) is 17.6 Å². The Morgan fingerprint density at radius 2 is 1.77 bits per heavy atom. The summed E-state index contributed by atoms with van der Waals surface area (Å²) in [5.74, 6) is 0.788. The third-order valence-corrected chi connectivity index (χ3v) is 5.55. The van der Waals surface area contributed by atoms with Crippen molar-refractivity contribution in [2.75, 3.05) is 55.9 Å². The lowest BCUT2D eigenvalue weighted by Gasteiger charge is -2.37. The van der Waals surface area contributed by atoms with Crippen molar-refractivity contribution in [2.45, 2.75) is 0 Å². The molecule has 0 bridgehead atoms. The van der Waals surface area contributed by atoms with Gasteiger partial charge in [-0.05, 0) is 18.2 Å². The third kappa shape index (κ3) is 3.11. The average molecular weight is 405 g/mol. The number of anilines is 2. The number of aromatic nitrogens is 1. The molecule has 3 aliphatic rings. The predicted molar refractivity (Wildman–Crippen MR) is 107 cm³/mol. The molecule has 0 N–H and O–H groups in total. The highest BCUT2D eigenvalue weighted by atomic mass is 16.6. The summed E-state index contributed by atoms with van der Waals surface area (Å²) < 4.78 is 11.2. The first kappa shape index (κ1) is 18.4. The van der Waals surface area contributed by atoms with Crippen LogP contribution in [0.5, 0.6) is 11.5 Å². The Kier molecular flexibility index (Phi) is 4.48. The van der Waals surface area contributed by atoms with Gasteiger partial charge in [0.25, 0.3) is 5.78 Å². The normalized spacial score (nSPS) is 18.4. The Bertz CT molecular complexity index is 1070. The molecule has 1 saturated heterocycles. The molecule has 152 valence electrons. The van der Waals surface area contributed by atoms with Gasteiger partial charge in [-0.2, -0.15) is 5.26 Å². The Hall–Kier alpha value is -3.64. The molecule has 0 unspecified atom stereocenters. The molecule has 1 aromatic carbocycles. The van der Waals surface area contributed by atoms with E-state index in [0.29, 0.717) is 74.4 Å². The molecule has 2 aromatic rings. The summed E-state index contributed by atoms with van der Waals surface area (Å²) in [5.41, 5.74) is 1.51.